The molecular formula is C11H17NOS. The van der Waals surface area contributed by atoms with Crippen molar-refractivity contribution in [1.82, 2.24) is 0 Å². The van der Waals surface area contributed by atoms with Crippen LogP contribution >= 0.6 is 11.8 Å². The van der Waals surface area contributed by atoms with Crippen molar-refractivity contribution in [2.75, 3.05) is 12.4 Å². The molecule has 0 heterocycles. The Morgan fingerprint density at radius 1 is 1.36 bits per heavy atom. The van der Waals surface area contributed by atoms with Crippen molar-refractivity contribution in [3.8, 4) is 0 Å². The van der Waals surface area contributed by atoms with Crippen molar-refractivity contribution in [3.05, 3.63) is 29.8 Å². The zero-order valence-electron chi connectivity index (χ0n) is 8.44. The van der Waals surface area contributed by atoms with E-state index in [4.69, 9.17) is 10.8 Å². The molecule has 0 saturated carbocycles. The Balaban J connectivity index is 2.59. The molecule has 1 atom stereocenters. The summed E-state index contributed by atoms with van der Waals surface area (Å²) >= 11 is 1.66. The van der Waals surface area contributed by atoms with Gasteiger partial charge in [-0.3, -0.25) is 0 Å². The van der Waals surface area contributed by atoms with Gasteiger partial charge in [-0.1, -0.05) is 19.1 Å². The fourth-order valence-electron chi connectivity index (χ4n) is 1.21. The molecule has 0 fully saturated rings. The second kappa shape index (κ2) is 6.06. The van der Waals surface area contributed by atoms with Gasteiger partial charge in [0.15, 0.2) is 0 Å². The van der Waals surface area contributed by atoms with E-state index in [-0.39, 0.29) is 12.6 Å². The lowest BCUT2D eigenvalue weighted by Crippen LogP contribution is -2.07. The quantitative estimate of drug-likeness (QED) is 0.734. The average Bonchev–Trinajstić information content (AvgIpc) is 2.26. The van der Waals surface area contributed by atoms with E-state index >= 15 is 0 Å². The fourth-order valence-corrected chi connectivity index (χ4v) is 1.87. The third-order valence-electron chi connectivity index (χ3n) is 2.11. The number of aliphatic hydroxyl groups excluding tert-OH is 1. The van der Waals surface area contributed by atoms with E-state index in [1.165, 1.54) is 10.5 Å². The van der Waals surface area contributed by atoms with Gasteiger partial charge in [-0.05, 0) is 24.1 Å². The van der Waals surface area contributed by atoms with Gasteiger partial charge in [-0.25, -0.2) is 0 Å². The smallest absolute Gasteiger partial charge is 0.0525 e. The number of aliphatic hydroxyl groups is 1. The topological polar surface area (TPSA) is 46.2 Å². The van der Waals surface area contributed by atoms with Crippen LogP contribution < -0.4 is 5.73 Å². The molecule has 0 amide bonds. The second-order valence-electron chi connectivity index (χ2n) is 3.16. The minimum absolute atomic E-state index is 0.145. The summed E-state index contributed by atoms with van der Waals surface area (Å²) in [6.45, 7) is 2.31. The molecule has 0 radical (unpaired) electrons. The minimum atomic E-state index is 0.145. The number of hydrogen-bond acceptors (Lipinski definition) is 3. The van der Waals surface area contributed by atoms with Crippen LogP contribution in [0.1, 0.15) is 24.9 Å². The molecule has 2 nitrogen and oxygen atoms in total. The van der Waals surface area contributed by atoms with Gasteiger partial charge in [0.2, 0.25) is 0 Å². The molecular weight excluding hydrogens is 194 g/mol. The van der Waals surface area contributed by atoms with E-state index in [1.807, 2.05) is 0 Å². The lowest BCUT2D eigenvalue weighted by molar-refractivity contribution is 0.322. The predicted octanol–water partition coefficient (Wildman–Crippen LogP) is 2.18. The normalized spacial score (nSPS) is 12.8. The van der Waals surface area contributed by atoms with Gasteiger partial charge in [0.05, 0.1) is 6.61 Å². The molecule has 3 N–H and O–H groups in total. The Morgan fingerprint density at radius 2 is 2.00 bits per heavy atom. The molecule has 1 aromatic rings. The molecule has 78 valence electrons. The molecule has 0 aromatic heterocycles. The summed E-state index contributed by atoms with van der Waals surface area (Å²) < 4.78 is 0. The maximum absolute atomic E-state index is 8.67. The van der Waals surface area contributed by atoms with Crippen LogP contribution in [0.25, 0.3) is 0 Å². The summed E-state index contributed by atoms with van der Waals surface area (Å²) in [6, 6.07) is 8.39. The van der Waals surface area contributed by atoms with Gasteiger partial charge < -0.3 is 10.8 Å². The van der Waals surface area contributed by atoms with Crippen LogP contribution in [-0.4, -0.2) is 17.5 Å². The van der Waals surface area contributed by atoms with Crippen molar-refractivity contribution in [3.63, 3.8) is 0 Å². The van der Waals surface area contributed by atoms with Crippen LogP contribution in [0.4, 0.5) is 0 Å². The van der Waals surface area contributed by atoms with Crippen LogP contribution in [-0.2, 0) is 0 Å². The first-order valence-corrected chi connectivity index (χ1v) is 5.85. The highest BCUT2D eigenvalue weighted by atomic mass is 32.2. The van der Waals surface area contributed by atoms with Gasteiger partial charge in [0.25, 0.3) is 0 Å². The van der Waals surface area contributed by atoms with Gasteiger partial charge in [0, 0.05) is 16.7 Å². The summed E-state index contributed by atoms with van der Waals surface area (Å²) in [7, 11) is 0. The van der Waals surface area contributed by atoms with Gasteiger partial charge in [-0.2, -0.15) is 0 Å². The van der Waals surface area contributed by atoms with Crippen molar-refractivity contribution in [2.24, 2.45) is 5.73 Å². The van der Waals surface area contributed by atoms with E-state index in [9.17, 15) is 0 Å². The maximum Gasteiger partial charge on any atom is 0.0525 e. The number of hydrogen-bond donors (Lipinski definition) is 2. The molecule has 0 aliphatic rings. The number of rotatable bonds is 5. The van der Waals surface area contributed by atoms with Crippen LogP contribution in [0.15, 0.2) is 29.2 Å². The van der Waals surface area contributed by atoms with Crippen molar-refractivity contribution >= 4 is 11.8 Å². The first-order chi connectivity index (χ1) is 6.77. The van der Waals surface area contributed by atoms with Crippen LogP contribution in [0.5, 0.6) is 0 Å². The zero-order valence-corrected chi connectivity index (χ0v) is 9.26. The number of nitrogens with two attached hydrogens (primary N) is 1. The molecule has 3 heteroatoms. The van der Waals surface area contributed by atoms with Crippen molar-refractivity contribution in [1.29, 1.82) is 0 Å². The first kappa shape index (κ1) is 11.6. The maximum atomic E-state index is 8.67. The summed E-state index contributed by atoms with van der Waals surface area (Å²) in [6.07, 6.45) is 0.961. The van der Waals surface area contributed by atoms with Crippen molar-refractivity contribution in [2.45, 2.75) is 24.3 Å². The molecule has 0 unspecified atom stereocenters. The number of thioether (sulfide) groups is 1. The summed E-state index contributed by atoms with van der Waals surface area (Å²) in [5.74, 6) is 0.749. The third-order valence-corrected chi connectivity index (χ3v) is 3.10. The van der Waals surface area contributed by atoms with Gasteiger partial charge in [0.1, 0.15) is 0 Å². The predicted molar refractivity (Wildman–Crippen MR) is 61.5 cm³/mol. The lowest BCUT2D eigenvalue weighted by Gasteiger charge is -2.09. The van der Waals surface area contributed by atoms with E-state index in [2.05, 4.69) is 31.2 Å². The van der Waals surface area contributed by atoms with Crippen molar-refractivity contribution < 1.29 is 5.11 Å². The molecule has 1 rings (SSSR count). The Morgan fingerprint density at radius 3 is 2.50 bits per heavy atom. The standard InChI is InChI=1S/C11H17NOS/c1-2-11(12)9-3-5-10(6-4-9)14-8-7-13/h3-6,11,13H,2,7-8,12H2,1H3/t11-/m1/s1. The molecule has 0 aliphatic carbocycles. The summed E-state index contributed by atoms with van der Waals surface area (Å²) in [5.41, 5.74) is 7.08. The Kier molecular flexibility index (Phi) is 5.01. The SMILES string of the molecule is CC[C@@H](N)c1ccc(SCCO)cc1. The molecule has 0 spiro atoms. The highest BCUT2D eigenvalue weighted by Gasteiger charge is 2.02. The highest BCUT2D eigenvalue weighted by molar-refractivity contribution is 7.99. The number of benzene rings is 1. The third kappa shape index (κ3) is 3.33. The highest BCUT2D eigenvalue weighted by Crippen LogP contribution is 2.20. The second-order valence-corrected chi connectivity index (χ2v) is 4.32. The van der Waals surface area contributed by atoms with Gasteiger partial charge >= 0.3 is 0 Å². The Hall–Kier alpha value is -0.510. The largest absolute Gasteiger partial charge is 0.396 e. The van der Waals surface area contributed by atoms with E-state index in [1.54, 1.807) is 11.8 Å². The minimum Gasteiger partial charge on any atom is -0.396 e. The Labute approximate surface area is 89.5 Å². The van der Waals surface area contributed by atoms with Crippen LogP contribution in [0.3, 0.4) is 0 Å². The van der Waals surface area contributed by atoms with Gasteiger partial charge in [-0.15, -0.1) is 11.8 Å². The molecule has 0 bridgehead atoms. The lowest BCUT2D eigenvalue weighted by atomic mass is 10.1. The van der Waals surface area contributed by atoms with E-state index < -0.39 is 0 Å². The van der Waals surface area contributed by atoms with Crippen LogP contribution in [0.2, 0.25) is 0 Å². The van der Waals surface area contributed by atoms with E-state index in [0.717, 1.165) is 12.2 Å². The fraction of sp³-hybridized carbons (Fsp3) is 0.455. The molecule has 0 saturated heterocycles. The molecule has 14 heavy (non-hydrogen) atoms. The zero-order chi connectivity index (χ0) is 10.4. The van der Waals surface area contributed by atoms with E-state index in [0.29, 0.717) is 0 Å². The molecule has 1 aromatic carbocycles. The summed E-state index contributed by atoms with van der Waals surface area (Å²) in [5, 5.41) is 8.67. The Bertz CT molecular complexity index is 260. The first-order valence-electron chi connectivity index (χ1n) is 4.87. The monoisotopic (exact) mass is 211 g/mol. The average molecular weight is 211 g/mol. The summed E-state index contributed by atoms with van der Waals surface area (Å²) in [4.78, 5) is 1.19. The van der Waals surface area contributed by atoms with Crippen LogP contribution in [0, 0.1) is 0 Å². The molecule has 0 aliphatic heterocycles.